The number of hydrogen-bond donors (Lipinski definition) is 1. The molecule has 0 aliphatic heterocycles. The van der Waals surface area contributed by atoms with Gasteiger partial charge in [0.25, 0.3) is 0 Å². The van der Waals surface area contributed by atoms with E-state index in [1.165, 1.54) is 16.7 Å². The standard InChI is InChI=1S/C13H14O2/c1-9-2-4-11-5-3-10(8-13(14)15)7-12(11)6-9/h2,4,6-7H,3,5,8H2,1H3,(H,14,15). The lowest BCUT2D eigenvalue weighted by Gasteiger charge is -2.15. The van der Waals surface area contributed by atoms with Crippen molar-refractivity contribution < 1.29 is 9.90 Å². The second-order valence-electron chi connectivity index (χ2n) is 4.08. The van der Waals surface area contributed by atoms with Gasteiger partial charge in [0.15, 0.2) is 0 Å². The molecule has 2 heteroatoms. The molecule has 0 saturated heterocycles. The molecule has 0 radical (unpaired) electrons. The molecule has 0 saturated carbocycles. The Morgan fingerprint density at radius 3 is 2.93 bits per heavy atom. The molecule has 0 amide bonds. The predicted molar refractivity (Wildman–Crippen MR) is 59.7 cm³/mol. The molecule has 0 bridgehead atoms. The molecule has 1 aromatic rings. The van der Waals surface area contributed by atoms with Crippen LogP contribution in [0.4, 0.5) is 0 Å². The lowest BCUT2D eigenvalue weighted by atomic mass is 9.90. The first-order valence-corrected chi connectivity index (χ1v) is 5.16. The van der Waals surface area contributed by atoms with Gasteiger partial charge in [0.05, 0.1) is 6.42 Å². The number of hydrogen-bond acceptors (Lipinski definition) is 1. The third-order valence-corrected chi connectivity index (χ3v) is 2.75. The fourth-order valence-electron chi connectivity index (χ4n) is 2.00. The van der Waals surface area contributed by atoms with Crippen LogP contribution in [-0.4, -0.2) is 11.1 Å². The summed E-state index contributed by atoms with van der Waals surface area (Å²) in [6.07, 6.45) is 4.05. The number of aliphatic carboxylic acids is 1. The zero-order valence-electron chi connectivity index (χ0n) is 8.79. The smallest absolute Gasteiger partial charge is 0.307 e. The van der Waals surface area contributed by atoms with E-state index in [0.29, 0.717) is 0 Å². The monoisotopic (exact) mass is 202 g/mol. The molecule has 0 atom stereocenters. The van der Waals surface area contributed by atoms with Crippen LogP contribution in [0.2, 0.25) is 0 Å². The third kappa shape index (κ3) is 2.27. The molecule has 1 aromatic carbocycles. The minimum absolute atomic E-state index is 0.174. The van der Waals surface area contributed by atoms with E-state index in [2.05, 4.69) is 25.1 Å². The second-order valence-corrected chi connectivity index (χ2v) is 4.08. The van der Waals surface area contributed by atoms with Gasteiger partial charge in [-0.25, -0.2) is 0 Å². The van der Waals surface area contributed by atoms with Crippen molar-refractivity contribution in [2.75, 3.05) is 0 Å². The van der Waals surface area contributed by atoms with Crippen LogP contribution in [0.3, 0.4) is 0 Å². The van der Waals surface area contributed by atoms with Crippen molar-refractivity contribution >= 4 is 12.0 Å². The summed E-state index contributed by atoms with van der Waals surface area (Å²) in [4.78, 5) is 10.6. The highest BCUT2D eigenvalue weighted by Gasteiger charge is 2.12. The number of fused-ring (bicyclic) bond motifs is 1. The van der Waals surface area contributed by atoms with Gasteiger partial charge < -0.3 is 5.11 Å². The molecule has 0 aromatic heterocycles. The van der Waals surface area contributed by atoms with Gasteiger partial charge in [-0.15, -0.1) is 0 Å². The average molecular weight is 202 g/mol. The van der Waals surface area contributed by atoms with E-state index in [9.17, 15) is 4.79 Å². The predicted octanol–water partition coefficient (Wildman–Crippen LogP) is 2.80. The van der Waals surface area contributed by atoms with Crippen LogP contribution >= 0.6 is 0 Å². The van der Waals surface area contributed by atoms with Crippen LogP contribution in [0.5, 0.6) is 0 Å². The Bertz CT molecular complexity index is 430. The fourth-order valence-corrected chi connectivity index (χ4v) is 2.00. The third-order valence-electron chi connectivity index (χ3n) is 2.75. The molecular weight excluding hydrogens is 188 g/mol. The summed E-state index contributed by atoms with van der Waals surface area (Å²) < 4.78 is 0. The summed E-state index contributed by atoms with van der Waals surface area (Å²) in [5.41, 5.74) is 4.77. The van der Waals surface area contributed by atoms with Gasteiger partial charge in [0.1, 0.15) is 0 Å². The number of aryl methyl sites for hydroxylation is 2. The fraction of sp³-hybridized carbons (Fsp3) is 0.308. The number of rotatable bonds is 2. The first-order valence-electron chi connectivity index (χ1n) is 5.16. The van der Waals surface area contributed by atoms with Crippen LogP contribution in [0.1, 0.15) is 29.5 Å². The van der Waals surface area contributed by atoms with Crippen molar-refractivity contribution in [3.05, 3.63) is 40.5 Å². The van der Waals surface area contributed by atoms with Crippen molar-refractivity contribution in [1.29, 1.82) is 0 Å². The van der Waals surface area contributed by atoms with Crippen molar-refractivity contribution in [3.63, 3.8) is 0 Å². The van der Waals surface area contributed by atoms with E-state index >= 15 is 0 Å². The number of carboxylic acids is 1. The first kappa shape index (κ1) is 9.97. The quantitative estimate of drug-likeness (QED) is 0.800. The summed E-state index contributed by atoms with van der Waals surface area (Å²) in [5.74, 6) is -0.739. The molecular formula is C13H14O2. The molecule has 2 nitrogen and oxygen atoms in total. The van der Waals surface area contributed by atoms with Gasteiger partial charge in [-0.1, -0.05) is 35.4 Å². The van der Waals surface area contributed by atoms with Gasteiger partial charge in [-0.2, -0.15) is 0 Å². The van der Waals surface area contributed by atoms with Gasteiger partial charge in [0.2, 0.25) is 0 Å². The Hall–Kier alpha value is -1.57. The maximum atomic E-state index is 10.6. The highest BCUT2D eigenvalue weighted by Crippen LogP contribution is 2.26. The van der Waals surface area contributed by atoms with Gasteiger partial charge in [0, 0.05) is 0 Å². The summed E-state index contributed by atoms with van der Waals surface area (Å²) in [7, 11) is 0. The molecule has 1 aliphatic rings. The summed E-state index contributed by atoms with van der Waals surface area (Å²) in [6, 6.07) is 6.36. The largest absolute Gasteiger partial charge is 0.481 e. The lowest BCUT2D eigenvalue weighted by Crippen LogP contribution is -2.04. The summed E-state index contributed by atoms with van der Waals surface area (Å²) in [6.45, 7) is 2.06. The molecule has 78 valence electrons. The highest BCUT2D eigenvalue weighted by molar-refractivity contribution is 5.74. The van der Waals surface area contributed by atoms with E-state index in [4.69, 9.17) is 5.11 Å². The van der Waals surface area contributed by atoms with Crippen molar-refractivity contribution in [2.24, 2.45) is 0 Å². The van der Waals surface area contributed by atoms with Gasteiger partial charge in [-0.3, -0.25) is 4.79 Å². The molecule has 15 heavy (non-hydrogen) atoms. The maximum absolute atomic E-state index is 10.6. The zero-order valence-corrected chi connectivity index (χ0v) is 8.79. The van der Waals surface area contributed by atoms with Crippen molar-refractivity contribution in [2.45, 2.75) is 26.2 Å². The molecule has 1 N–H and O–H groups in total. The van der Waals surface area contributed by atoms with E-state index in [1.807, 2.05) is 6.08 Å². The van der Waals surface area contributed by atoms with E-state index in [-0.39, 0.29) is 6.42 Å². The van der Waals surface area contributed by atoms with Crippen LogP contribution in [-0.2, 0) is 11.2 Å². The zero-order chi connectivity index (χ0) is 10.8. The Labute approximate surface area is 89.2 Å². The second kappa shape index (κ2) is 3.89. The van der Waals surface area contributed by atoms with Crippen molar-refractivity contribution in [3.8, 4) is 0 Å². The molecule has 0 spiro atoms. The number of carboxylic acid groups (broad SMARTS) is 1. The Morgan fingerprint density at radius 1 is 1.40 bits per heavy atom. The molecule has 0 heterocycles. The van der Waals surface area contributed by atoms with Crippen LogP contribution in [0, 0.1) is 6.92 Å². The Kier molecular flexibility index (Phi) is 2.58. The van der Waals surface area contributed by atoms with Gasteiger partial charge >= 0.3 is 5.97 Å². The lowest BCUT2D eigenvalue weighted by molar-refractivity contribution is -0.136. The van der Waals surface area contributed by atoms with E-state index in [0.717, 1.165) is 18.4 Å². The Morgan fingerprint density at radius 2 is 2.20 bits per heavy atom. The number of carbonyl (C=O) groups is 1. The van der Waals surface area contributed by atoms with Crippen LogP contribution in [0.25, 0.3) is 6.08 Å². The average Bonchev–Trinajstić information content (AvgIpc) is 2.16. The SMILES string of the molecule is Cc1ccc2c(c1)C=C(CC(=O)O)CC2. The number of benzene rings is 1. The molecule has 0 fully saturated rings. The van der Waals surface area contributed by atoms with Crippen LogP contribution in [0.15, 0.2) is 23.8 Å². The van der Waals surface area contributed by atoms with Crippen LogP contribution < -0.4 is 0 Å². The van der Waals surface area contributed by atoms with Crippen molar-refractivity contribution in [1.82, 2.24) is 0 Å². The first-order chi connectivity index (χ1) is 7.15. The minimum Gasteiger partial charge on any atom is -0.481 e. The van der Waals surface area contributed by atoms with Gasteiger partial charge in [-0.05, 0) is 30.9 Å². The molecule has 1 aliphatic carbocycles. The molecule has 2 rings (SSSR count). The summed E-state index contributed by atoms with van der Waals surface area (Å²) in [5, 5.41) is 8.73. The van der Waals surface area contributed by atoms with E-state index in [1.54, 1.807) is 0 Å². The normalized spacial score (nSPS) is 14.3. The molecule has 0 unspecified atom stereocenters. The van der Waals surface area contributed by atoms with E-state index < -0.39 is 5.97 Å². The minimum atomic E-state index is -0.739. The topological polar surface area (TPSA) is 37.3 Å². The maximum Gasteiger partial charge on any atom is 0.307 e. The summed E-state index contributed by atoms with van der Waals surface area (Å²) >= 11 is 0. The Balaban J connectivity index is 2.31. The highest BCUT2D eigenvalue weighted by atomic mass is 16.4.